The van der Waals surface area contributed by atoms with Gasteiger partial charge < -0.3 is 4.74 Å². The monoisotopic (exact) mass is 218 g/mol. The summed E-state index contributed by atoms with van der Waals surface area (Å²) in [7, 11) is 0. The van der Waals surface area contributed by atoms with Crippen LogP contribution in [0.4, 0.5) is 0 Å². The Kier molecular flexibility index (Phi) is 4.00. The van der Waals surface area contributed by atoms with E-state index in [0.717, 1.165) is 5.56 Å². The van der Waals surface area contributed by atoms with Gasteiger partial charge in [-0.25, -0.2) is 4.79 Å². The van der Waals surface area contributed by atoms with Gasteiger partial charge in [-0.05, 0) is 13.8 Å². The average molecular weight is 218 g/mol. The molecule has 0 aliphatic carbocycles. The minimum absolute atomic E-state index is 0.134. The molecule has 0 saturated carbocycles. The second-order valence-electron chi connectivity index (χ2n) is 3.39. The molecule has 0 unspecified atom stereocenters. The summed E-state index contributed by atoms with van der Waals surface area (Å²) in [6.07, 6.45) is 0. The molecular formula is C13H14O3. The molecule has 1 rings (SSSR count). The van der Waals surface area contributed by atoms with E-state index >= 15 is 0 Å². The molecule has 3 nitrogen and oxygen atoms in total. The number of esters is 1. The van der Waals surface area contributed by atoms with Crippen molar-refractivity contribution in [3.05, 3.63) is 47.5 Å². The topological polar surface area (TPSA) is 43.4 Å². The molecule has 0 fully saturated rings. The minimum atomic E-state index is -0.659. The molecular weight excluding hydrogens is 204 g/mol. The predicted molar refractivity (Wildman–Crippen MR) is 61.3 cm³/mol. The molecule has 0 N–H and O–H groups in total. The first-order valence-electron chi connectivity index (χ1n) is 5.03. The number of carbonyl (C=O) groups is 2. The summed E-state index contributed by atoms with van der Waals surface area (Å²) in [5.74, 6) is -1.05. The quantitative estimate of drug-likeness (QED) is 0.256. The number of benzene rings is 1. The van der Waals surface area contributed by atoms with Gasteiger partial charge in [0.05, 0.1) is 6.61 Å². The van der Waals surface area contributed by atoms with Crippen molar-refractivity contribution >= 4 is 11.8 Å². The van der Waals surface area contributed by atoms with Crippen molar-refractivity contribution in [1.29, 1.82) is 0 Å². The van der Waals surface area contributed by atoms with Gasteiger partial charge in [0.15, 0.2) is 5.78 Å². The number of ketones is 1. The fourth-order valence-electron chi connectivity index (χ4n) is 1.19. The van der Waals surface area contributed by atoms with Crippen LogP contribution in [-0.2, 0) is 9.53 Å². The van der Waals surface area contributed by atoms with Gasteiger partial charge in [0.1, 0.15) is 5.57 Å². The first kappa shape index (κ1) is 12.2. The Bertz CT molecular complexity index is 415. The van der Waals surface area contributed by atoms with E-state index in [-0.39, 0.29) is 12.2 Å². The van der Waals surface area contributed by atoms with Crippen LogP contribution in [0.25, 0.3) is 0 Å². The summed E-state index contributed by atoms with van der Waals surface area (Å²) in [5.41, 5.74) is 1.37. The lowest BCUT2D eigenvalue weighted by molar-refractivity contribution is -0.138. The molecule has 0 radical (unpaired) electrons. The average Bonchev–Trinajstić information content (AvgIpc) is 2.28. The Morgan fingerprint density at radius 1 is 1.25 bits per heavy atom. The van der Waals surface area contributed by atoms with Crippen molar-refractivity contribution in [3.63, 3.8) is 0 Å². The third-order valence-corrected chi connectivity index (χ3v) is 2.11. The third-order valence-electron chi connectivity index (χ3n) is 2.11. The van der Waals surface area contributed by atoms with Crippen molar-refractivity contribution in [1.82, 2.24) is 0 Å². The molecule has 1 aromatic carbocycles. The first-order chi connectivity index (χ1) is 7.56. The Hall–Kier alpha value is -1.90. The van der Waals surface area contributed by atoms with E-state index in [2.05, 4.69) is 6.58 Å². The molecule has 0 spiro atoms. The molecule has 0 amide bonds. The summed E-state index contributed by atoms with van der Waals surface area (Å²) in [4.78, 5) is 23.1. The van der Waals surface area contributed by atoms with Gasteiger partial charge in [0.2, 0.25) is 0 Å². The predicted octanol–water partition coefficient (Wildman–Crippen LogP) is 2.30. The van der Waals surface area contributed by atoms with Crippen LogP contribution in [-0.4, -0.2) is 18.4 Å². The minimum Gasteiger partial charge on any atom is -0.462 e. The zero-order chi connectivity index (χ0) is 12.1. The highest BCUT2D eigenvalue weighted by Crippen LogP contribution is 2.09. The Labute approximate surface area is 94.7 Å². The van der Waals surface area contributed by atoms with Gasteiger partial charge in [-0.1, -0.05) is 36.4 Å². The largest absolute Gasteiger partial charge is 0.462 e. The lowest BCUT2D eigenvalue weighted by Gasteiger charge is -2.04. The van der Waals surface area contributed by atoms with Crippen LogP contribution in [0.5, 0.6) is 0 Å². The van der Waals surface area contributed by atoms with E-state index in [1.165, 1.54) is 0 Å². The number of carbonyl (C=O) groups excluding carboxylic acids is 2. The highest BCUT2D eigenvalue weighted by atomic mass is 16.5. The fourth-order valence-corrected chi connectivity index (χ4v) is 1.19. The number of aryl methyl sites for hydroxylation is 1. The van der Waals surface area contributed by atoms with E-state index in [0.29, 0.717) is 5.56 Å². The van der Waals surface area contributed by atoms with Gasteiger partial charge in [-0.2, -0.15) is 0 Å². The van der Waals surface area contributed by atoms with Crippen LogP contribution in [0.15, 0.2) is 36.4 Å². The smallest absolute Gasteiger partial charge is 0.341 e. The molecule has 1 aromatic rings. The van der Waals surface area contributed by atoms with Crippen molar-refractivity contribution in [2.45, 2.75) is 13.8 Å². The molecule has 0 aliphatic rings. The number of hydrogen-bond acceptors (Lipinski definition) is 3. The molecule has 16 heavy (non-hydrogen) atoms. The first-order valence-corrected chi connectivity index (χ1v) is 5.03. The van der Waals surface area contributed by atoms with E-state index in [9.17, 15) is 9.59 Å². The number of ether oxygens (including phenoxy) is 1. The molecule has 0 aromatic heterocycles. The van der Waals surface area contributed by atoms with Gasteiger partial charge in [-0.3, -0.25) is 4.79 Å². The Balaban J connectivity index is 2.82. The molecule has 84 valence electrons. The summed E-state index contributed by atoms with van der Waals surface area (Å²) >= 11 is 0. The van der Waals surface area contributed by atoms with Crippen LogP contribution >= 0.6 is 0 Å². The fraction of sp³-hybridized carbons (Fsp3) is 0.231. The second kappa shape index (κ2) is 5.26. The van der Waals surface area contributed by atoms with Gasteiger partial charge in [-0.15, -0.1) is 0 Å². The van der Waals surface area contributed by atoms with Gasteiger partial charge in [0, 0.05) is 5.56 Å². The van der Waals surface area contributed by atoms with Gasteiger partial charge in [0.25, 0.3) is 0 Å². The standard InChI is InChI=1S/C13H14O3/c1-4-16-13(15)10(3)12(14)11-7-5-9(2)6-8-11/h5-8H,3-4H2,1-2H3. The summed E-state index contributed by atoms with van der Waals surface area (Å²) in [5, 5.41) is 0. The van der Waals surface area contributed by atoms with E-state index < -0.39 is 11.8 Å². The Morgan fingerprint density at radius 3 is 2.31 bits per heavy atom. The summed E-state index contributed by atoms with van der Waals surface area (Å²) in [6, 6.07) is 6.96. The van der Waals surface area contributed by atoms with Crippen LogP contribution < -0.4 is 0 Å². The maximum atomic E-state index is 11.8. The maximum absolute atomic E-state index is 11.8. The number of hydrogen-bond donors (Lipinski definition) is 0. The van der Waals surface area contributed by atoms with Gasteiger partial charge >= 0.3 is 5.97 Å². The van der Waals surface area contributed by atoms with E-state index in [4.69, 9.17) is 4.74 Å². The van der Waals surface area contributed by atoms with E-state index in [1.807, 2.05) is 19.1 Å². The van der Waals surface area contributed by atoms with Crippen LogP contribution in [0, 0.1) is 6.92 Å². The highest BCUT2D eigenvalue weighted by Gasteiger charge is 2.18. The number of Topliss-reactive ketones (excluding diaryl/α,β-unsaturated/α-hetero) is 1. The van der Waals surface area contributed by atoms with E-state index in [1.54, 1.807) is 19.1 Å². The SMILES string of the molecule is C=C(C(=O)OCC)C(=O)c1ccc(C)cc1. The van der Waals surface area contributed by atoms with Crippen LogP contribution in [0.1, 0.15) is 22.8 Å². The lowest BCUT2D eigenvalue weighted by Crippen LogP contribution is -2.15. The molecule has 3 heteroatoms. The number of rotatable bonds is 4. The van der Waals surface area contributed by atoms with Crippen molar-refractivity contribution in [3.8, 4) is 0 Å². The zero-order valence-electron chi connectivity index (χ0n) is 9.45. The Morgan fingerprint density at radius 2 is 1.81 bits per heavy atom. The van der Waals surface area contributed by atoms with Crippen molar-refractivity contribution < 1.29 is 14.3 Å². The normalized spacial score (nSPS) is 9.62. The van der Waals surface area contributed by atoms with Crippen LogP contribution in [0.2, 0.25) is 0 Å². The summed E-state index contributed by atoms with van der Waals surface area (Å²) in [6.45, 7) is 7.29. The molecule has 0 bridgehead atoms. The molecule has 0 aliphatic heterocycles. The highest BCUT2D eigenvalue weighted by molar-refractivity contribution is 6.23. The summed E-state index contributed by atoms with van der Waals surface area (Å²) < 4.78 is 4.71. The second-order valence-corrected chi connectivity index (χ2v) is 3.39. The molecule has 0 atom stereocenters. The lowest BCUT2D eigenvalue weighted by atomic mass is 10.0. The van der Waals surface area contributed by atoms with Crippen molar-refractivity contribution in [2.75, 3.05) is 6.61 Å². The molecule has 0 saturated heterocycles. The third kappa shape index (κ3) is 2.79. The zero-order valence-corrected chi connectivity index (χ0v) is 9.45. The van der Waals surface area contributed by atoms with Crippen LogP contribution in [0.3, 0.4) is 0 Å². The maximum Gasteiger partial charge on any atom is 0.341 e. The molecule has 0 heterocycles. The van der Waals surface area contributed by atoms with Crippen molar-refractivity contribution in [2.24, 2.45) is 0 Å².